The molecule has 4 heteroatoms. The van der Waals surface area contributed by atoms with Crippen LogP contribution in [0.1, 0.15) is 31.7 Å². The van der Waals surface area contributed by atoms with E-state index in [-0.39, 0.29) is 0 Å². The van der Waals surface area contributed by atoms with Crippen LogP contribution in [0.2, 0.25) is 0 Å². The number of aryl methyl sites for hydroxylation is 1. The molecule has 4 nitrogen and oxygen atoms in total. The fourth-order valence-corrected chi connectivity index (χ4v) is 1.43. The molecule has 0 aliphatic rings. The predicted molar refractivity (Wildman–Crippen MR) is 72.1 cm³/mol. The van der Waals surface area contributed by atoms with Crippen molar-refractivity contribution in [3.8, 4) is 0 Å². The molecule has 2 N–H and O–H groups in total. The summed E-state index contributed by atoms with van der Waals surface area (Å²) in [5.41, 5.74) is 2.03. The minimum absolute atomic E-state index is 0.612. The molecule has 0 saturated carbocycles. The molecular formula is C13H22N4. The molecule has 0 saturated heterocycles. The van der Waals surface area contributed by atoms with Crippen LogP contribution in [-0.4, -0.2) is 24.0 Å². The van der Waals surface area contributed by atoms with Gasteiger partial charge in [0.15, 0.2) is 5.96 Å². The van der Waals surface area contributed by atoms with Crippen LogP contribution in [0, 0.1) is 6.92 Å². The molecule has 94 valence electrons. The minimum atomic E-state index is 0.612. The van der Waals surface area contributed by atoms with Crippen LogP contribution in [0.15, 0.2) is 23.2 Å². The van der Waals surface area contributed by atoms with Gasteiger partial charge in [-0.25, -0.2) is 4.99 Å². The van der Waals surface area contributed by atoms with Gasteiger partial charge in [0.2, 0.25) is 0 Å². The van der Waals surface area contributed by atoms with E-state index in [4.69, 9.17) is 0 Å². The van der Waals surface area contributed by atoms with Gasteiger partial charge in [-0.1, -0.05) is 13.0 Å². The maximum absolute atomic E-state index is 4.49. The first-order valence-electron chi connectivity index (χ1n) is 6.21. The van der Waals surface area contributed by atoms with Crippen molar-refractivity contribution < 1.29 is 0 Å². The summed E-state index contributed by atoms with van der Waals surface area (Å²) in [5.74, 6) is 0.859. The Morgan fingerprint density at radius 3 is 2.76 bits per heavy atom. The Bertz CT molecular complexity index is 360. The number of nitrogens with one attached hydrogen (secondary N) is 2. The van der Waals surface area contributed by atoms with Crippen molar-refractivity contribution in [2.75, 3.05) is 13.1 Å². The summed E-state index contributed by atoms with van der Waals surface area (Å²) < 4.78 is 0. The monoisotopic (exact) mass is 234 g/mol. The molecule has 1 aromatic rings. The Morgan fingerprint density at radius 1 is 1.29 bits per heavy atom. The molecule has 0 atom stereocenters. The molecule has 0 unspecified atom stereocenters. The predicted octanol–water partition coefficient (Wildman–Crippen LogP) is 1.86. The van der Waals surface area contributed by atoms with Crippen molar-refractivity contribution in [3.63, 3.8) is 0 Å². The van der Waals surface area contributed by atoms with Gasteiger partial charge in [0.25, 0.3) is 0 Å². The summed E-state index contributed by atoms with van der Waals surface area (Å²) >= 11 is 0. The smallest absolute Gasteiger partial charge is 0.191 e. The highest BCUT2D eigenvalue weighted by Gasteiger charge is 1.97. The lowest BCUT2D eigenvalue weighted by Gasteiger charge is -2.09. The molecule has 0 fully saturated rings. The Hall–Kier alpha value is -1.58. The second-order valence-corrected chi connectivity index (χ2v) is 3.89. The molecule has 1 heterocycles. The third-order valence-corrected chi connectivity index (χ3v) is 2.23. The standard InChI is InChI=1S/C13H22N4/c1-4-9-15-13(14-5-2)16-10-12-8-6-7-11(3)17-12/h6-8H,4-5,9-10H2,1-3H3,(H2,14,15,16). The summed E-state index contributed by atoms with van der Waals surface area (Å²) in [6, 6.07) is 6.01. The fourth-order valence-electron chi connectivity index (χ4n) is 1.43. The molecule has 1 aromatic heterocycles. The van der Waals surface area contributed by atoms with Crippen LogP contribution < -0.4 is 10.6 Å². The minimum Gasteiger partial charge on any atom is -0.357 e. The lowest BCUT2D eigenvalue weighted by Crippen LogP contribution is -2.37. The highest BCUT2D eigenvalue weighted by atomic mass is 15.2. The second kappa shape index (κ2) is 7.65. The lowest BCUT2D eigenvalue weighted by molar-refractivity contribution is 0.782. The van der Waals surface area contributed by atoms with Crippen LogP contribution in [-0.2, 0) is 6.54 Å². The number of aromatic nitrogens is 1. The average Bonchev–Trinajstić information content (AvgIpc) is 2.33. The van der Waals surface area contributed by atoms with Crippen LogP contribution in [0.5, 0.6) is 0 Å². The van der Waals surface area contributed by atoms with Crippen molar-refractivity contribution >= 4 is 5.96 Å². The van der Waals surface area contributed by atoms with Crippen molar-refractivity contribution in [3.05, 3.63) is 29.6 Å². The summed E-state index contributed by atoms with van der Waals surface area (Å²) in [6.45, 7) is 8.62. The largest absolute Gasteiger partial charge is 0.357 e. The highest BCUT2D eigenvalue weighted by molar-refractivity contribution is 5.79. The van der Waals surface area contributed by atoms with Gasteiger partial charge in [-0.2, -0.15) is 0 Å². The molecule has 0 radical (unpaired) electrons. The topological polar surface area (TPSA) is 49.3 Å². The number of hydrogen-bond donors (Lipinski definition) is 2. The van der Waals surface area contributed by atoms with Crippen LogP contribution in [0.4, 0.5) is 0 Å². The van der Waals surface area contributed by atoms with E-state index < -0.39 is 0 Å². The zero-order chi connectivity index (χ0) is 12.5. The third-order valence-electron chi connectivity index (χ3n) is 2.23. The molecule has 0 aliphatic carbocycles. The number of pyridine rings is 1. The van der Waals surface area contributed by atoms with Gasteiger partial charge < -0.3 is 10.6 Å². The quantitative estimate of drug-likeness (QED) is 0.604. The van der Waals surface area contributed by atoms with E-state index in [1.807, 2.05) is 25.1 Å². The van der Waals surface area contributed by atoms with Gasteiger partial charge in [0.05, 0.1) is 12.2 Å². The van der Waals surface area contributed by atoms with Gasteiger partial charge in [0.1, 0.15) is 0 Å². The normalized spacial score (nSPS) is 11.4. The van der Waals surface area contributed by atoms with E-state index >= 15 is 0 Å². The molecule has 0 spiro atoms. The lowest BCUT2D eigenvalue weighted by atomic mass is 10.3. The number of nitrogens with zero attached hydrogens (tertiary/aromatic N) is 2. The molecule has 17 heavy (non-hydrogen) atoms. The molecule has 0 amide bonds. The molecule has 0 aliphatic heterocycles. The first-order valence-corrected chi connectivity index (χ1v) is 6.21. The molecule has 0 aromatic carbocycles. The zero-order valence-corrected chi connectivity index (χ0v) is 11.0. The van der Waals surface area contributed by atoms with Crippen molar-refractivity contribution in [1.82, 2.24) is 15.6 Å². The number of aliphatic imine (C=N–C) groups is 1. The number of rotatable bonds is 5. The summed E-state index contributed by atoms with van der Waals surface area (Å²) in [4.78, 5) is 8.92. The van der Waals surface area contributed by atoms with Crippen LogP contribution in [0.25, 0.3) is 0 Å². The molecule has 0 bridgehead atoms. The summed E-state index contributed by atoms with van der Waals surface area (Å²) in [7, 11) is 0. The first kappa shape index (κ1) is 13.5. The maximum atomic E-state index is 4.49. The van der Waals surface area contributed by atoms with Crippen LogP contribution in [0.3, 0.4) is 0 Å². The van der Waals surface area contributed by atoms with E-state index in [1.165, 1.54) is 0 Å². The van der Waals surface area contributed by atoms with E-state index in [2.05, 4.69) is 34.5 Å². The average molecular weight is 234 g/mol. The fraction of sp³-hybridized carbons (Fsp3) is 0.538. The molecule has 1 rings (SSSR count). The Balaban J connectivity index is 2.58. The van der Waals surface area contributed by atoms with Gasteiger partial charge in [-0.15, -0.1) is 0 Å². The Labute approximate surface area is 104 Å². The molecular weight excluding hydrogens is 212 g/mol. The first-order chi connectivity index (χ1) is 8.26. The van der Waals surface area contributed by atoms with Crippen molar-refractivity contribution in [2.45, 2.75) is 33.7 Å². The Morgan fingerprint density at radius 2 is 2.12 bits per heavy atom. The highest BCUT2D eigenvalue weighted by Crippen LogP contribution is 1.99. The SMILES string of the molecule is CCCNC(=NCc1cccc(C)n1)NCC. The summed E-state index contributed by atoms with van der Waals surface area (Å²) in [6.07, 6.45) is 1.09. The van der Waals surface area contributed by atoms with Crippen molar-refractivity contribution in [1.29, 1.82) is 0 Å². The van der Waals surface area contributed by atoms with E-state index in [0.717, 1.165) is 36.9 Å². The number of guanidine groups is 1. The summed E-state index contributed by atoms with van der Waals surface area (Å²) in [5, 5.41) is 6.48. The van der Waals surface area contributed by atoms with Crippen molar-refractivity contribution in [2.24, 2.45) is 4.99 Å². The van der Waals surface area contributed by atoms with Gasteiger partial charge in [-0.05, 0) is 32.4 Å². The van der Waals surface area contributed by atoms with E-state index in [1.54, 1.807) is 0 Å². The maximum Gasteiger partial charge on any atom is 0.191 e. The second-order valence-electron chi connectivity index (χ2n) is 3.89. The van der Waals surface area contributed by atoms with Gasteiger partial charge >= 0.3 is 0 Å². The van der Waals surface area contributed by atoms with Gasteiger partial charge in [0, 0.05) is 18.8 Å². The third kappa shape index (κ3) is 5.33. The van der Waals surface area contributed by atoms with Crippen LogP contribution >= 0.6 is 0 Å². The van der Waals surface area contributed by atoms with E-state index in [9.17, 15) is 0 Å². The van der Waals surface area contributed by atoms with E-state index in [0.29, 0.717) is 6.54 Å². The van der Waals surface area contributed by atoms with Gasteiger partial charge in [-0.3, -0.25) is 4.98 Å². The Kier molecular flexibility index (Phi) is 6.07. The number of hydrogen-bond acceptors (Lipinski definition) is 2. The zero-order valence-electron chi connectivity index (χ0n) is 11.0.